The van der Waals surface area contributed by atoms with E-state index in [9.17, 15) is 9.59 Å². The van der Waals surface area contributed by atoms with E-state index in [-0.39, 0.29) is 11.8 Å². The molecule has 6 heteroatoms. The van der Waals surface area contributed by atoms with Gasteiger partial charge in [-0.2, -0.15) is 0 Å². The van der Waals surface area contributed by atoms with Gasteiger partial charge in [0.1, 0.15) is 5.75 Å². The number of rotatable bonds is 8. The number of nitrogens with zero attached hydrogens (tertiary/aromatic N) is 2. The number of piperazine rings is 1. The van der Waals surface area contributed by atoms with Crippen LogP contribution in [0, 0.1) is 0 Å². The molecule has 160 valence electrons. The summed E-state index contributed by atoms with van der Waals surface area (Å²) >= 11 is 0. The number of para-hydroxylation sites is 2. The second kappa shape index (κ2) is 10.8. The molecule has 0 aromatic heterocycles. The fourth-order valence-electron chi connectivity index (χ4n) is 3.81. The lowest BCUT2D eigenvalue weighted by atomic mass is 10.1. The van der Waals surface area contributed by atoms with Crippen molar-refractivity contribution in [2.24, 2.45) is 0 Å². The van der Waals surface area contributed by atoms with Crippen LogP contribution in [-0.2, 0) is 22.4 Å². The van der Waals surface area contributed by atoms with Gasteiger partial charge in [0.15, 0.2) is 0 Å². The highest BCUT2D eigenvalue weighted by Crippen LogP contribution is 2.19. The molecule has 2 aromatic carbocycles. The van der Waals surface area contributed by atoms with Crippen LogP contribution in [0.2, 0.25) is 0 Å². The number of ether oxygens (including phenoxy) is 1. The zero-order valence-corrected chi connectivity index (χ0v) is 17.9. The van der Waals surface area contributed by atoms with Crippen molar-refractivity contribution in [1.29, 1.82) is 0 Å². The average Bonchev–Trinajstić information content (AvgIpc) is 2.78. The van der Waals surface area contributed by atoms with Crippen LogP contribution in [0.3, 0.4) is 0 Å². The molecule has 0 atom stereocenters. The van der Waals surface area contributed by atoms with Gasteiger partial charge in [-0.1, -0.05) is 43.3 Å². The Hall–Kier alpha value is -2.86. The molecule has 1 N–H and O–H groups in total. The minimum absolute atomic E-state index is 0.00755. The third kappa shape index (κ3) is 5.83. The summed E-state index contributed by atoms with van der Waals surface area (Å²) in [6.07, 6.45) is 2.02. The van der Waals surface area contributed by atoms with E-state index in [2.05, 4.69) is 17.1 Å². The van der Waals surface area contributed by atoms with Gasteiger partial charge in [-0.05, 0) is 36.1 Å². The van der Waals surface area contributed by atoms with Gasteiger partial charge < -0.3 is 15.0 Å². The maximum absolute atomic E-state index is 12.6. The molecule has 3 rings (SSSR count). The van der Waals surface area contributed by atoms with Gasteiger partial charge in [0.05, 0.1) is 13.7 Å². The highest BCUT2D eigenvalue weighted by Gasteiger charge is 2.22. The molecule has 1 aliphatic rings. The van der Waals surface area contributed by atoms with E-state index in [1.165, 1.54) is 0 Å². The minimum atomic E-state index is -0.00755. The Labute approximate surface area is 178 Å². The SMILES string of the molecule is CCc1ccccc1NC(=O)CN1CCN(C(=O)CCc2ccccc2OC)CC1. The van der Waals surface area contributed by atoms with Crippen molar-refractivity contribution in [2.75, 3.05) is 45.2 Å². The summed E-state index contributed by atoms with van der Waals surface area (Å²) in [5.41, 5.74) is 3.07. The maximum Gasteiger partial charge on any atom is 0.238 e. The van der Waals surface area contributed by atoms with E-state index in [1.54, 1.807) is 7.11 Å². The van der Waals surface area contributed by atoms with Crippen LogP contribution >= 0.6 is 0 Å². The van der Waals surface area contributed by atoms with Gasteiger partial charge in [-0.3, -0.25) is 14.5 Å². The average molecular weight is 410 g/mol. The molecule has 2 aromatic rings. The van der Waals surface area contributed by atoms with Crippen molar-refractivity contribution < 1.29 is 14.3 Å². The molecule has 2 amide bonds. The smallest absolute Gasteiger partial charge is 0.238 e. The quantitative estimate of drug-likeness (QED) is 0.728. The maximum atomic E-state index is 12.6. The Bertz CT molecular complexity index is 860. The number of nitrogens with one attached hydrogen (secondary N) is 1. The molecule has 1 aliphatic heterocycles. The number of carbonyl (C=O) groups excluding carboxylic acids is 2. The van der Waals surface area contributed by atoms with Gasteiger partial charge in [0.2, 0.25) is 11.8 Å². The number of benzene rings is 2. The lowest BCUT2D eigenvalue weighted by Crippen LogP contribution is -2.50. The summed E-state index contributed by atoms with van der Waals surface area (Å²) < 4.78 is 5.36. The molecule has 1 saturated heterocycles. The minimum Gasteiger partial charge on any atom is -0.496 e. The summed E-state index contributed by atoms with van der Waals surface area (Å²) in [6.45, 7) is 5.16. The standard InChI is InChI=1S/C24H31N3O3/c1-3-19-8-4-6-10-21(19)25-23(28)18-26-14-16-27(17-15-26)24(29)13-12-20-9-5-7-11-22(20)30-2/h4-11H,3,12-18H2,1-2H3,(H,25,28). The van der Waals surface area contributed by atoms with Crippen LogP contribution < -0.4 is 10.1 Å². The summed E-state index contributed by atoms with van der Waals surface area (Å²) in [5, 5.41) is 3.02. The van der Waals surface area contributed by atoms with E-state index in [1.807, 2.05) is 53.4 Å². The first kappa shape index (κ1) is 21.8. The Morgan fingerprint density at radius 1 is 0.967 bits per heavy atom. The molecule has 6 nitrogen and oxygen atoms in total. The van der Waals surface area contributed by atoms with Gasteiger partial charge in [-0.25, -0.2) is 0 Å². The van der Waals surface area contributed by atoms with Crippen LogP contribution in [0.25, 0.3) is 0 Å². The third-order valence-electron chi connectivity index (χ3n) is 5.57. The lowest BCUT2D eigenvalue weighted by Gasteiger charge is -2.34. The zero-order valence-electron chi connectivity index (χ0n) is 17.9. The predicted molar refractivity (Wildman–Crippen MR) is 119 cm³/mol. The number of methoxy groups -OCH3 is 1. The molecule has 0 saturated carbocycles. The monoisotopic (exact) mass is 409 g/mol. The first-order valence-electron chi connectivity index (χ1n) is 10.6. The molecule has 0 radical (unpaired) electrons. The fraction of sp³-hybridized carbons (Fsp3) is 0.417. The van der Waals surface area contributed by atoms with Crippen molar-refractivity contribution >= 4 is 17.5 Å². The van der Waals surface area contributed by atoms with Gasteiger partial charge in [0.25, 0.3) is 0 Å². The molecule has 0 bridgehead atoms. The molecule has 30 heavy (non-hydrogen) atoms. The molecule has 0 unspecified atom stereocenters. The summed E-state index contributed by atoms with van der Waals surface area (Å²) in [5.74, 6) is 0.972. The number of anilines is 1. The van der Waals surface area contributed by atoms with E-state index in [0.717, 1.165) is 29.0 Å². The topological polar surface area (TPSA) is 61.9 Å². The Balaban J connectivity index is 1.43. The normalized spacial score (nSPS) is 14.4. The Kier molecular flexibility index (Phi) is 7.85. The van der Waals surface area contributed by atoms with Crippen LogP contribution in [0.1, 0.15) is 24.5 Å². The van der Waals surface area contributed by atoms with Crippen LogP contribution in [-0.4, -0.2) is 61.4 Å². The zero-order chi connectivity index (χ0) is 21.3. The molecular weight excluding hydrogens is 378 g/mol. The summed E-state index contributed by atoms with van der Waals surface area (Å²) in [4.78, 5) is 29.0. The van der Waals surface area contributed by atoms with E-state index >= 15 is 0 Å². The van der Waals surface area contributed by atoms with Crippen LogP contribution in [0.4, 0.5) is 5.69 Å². The molecule has 1 fully saturated rings. The Morgan fingerprint density at radius 2 is 1.63 bits per heavy atom. The fourth-order valence-corrected chi connectivity index (χ4v) is 3.81. The Morgan fingerprint density at radius 3 is 2.33 bits per heavy atom. The van der Waals surface area contributed by atoms with Crippen molar-refractivity contribution in [1.82, 2.24) is 9.80 Å². The lowest BCUT2D eigenvalue weighted by molar-refractivity contribution is -0.133. The molecular formula is C24H31N3O3. The van der Waals surface area contributed by atoms with Crippen LogP contribution in [0.15, 0.2) is 48.5 Å². The van der Waals surface area contributed by atoms with E-state index in [0.29, 0.717) is 45.6 Å². The molecule has 1 heterocycles. The number of carbonyl (C=O) groups is 2. The van der Waals surface area contributed by atoms with Crippen molar-refractivity contribution in [2.45, 2.75) is 26.2 Å². The third-order valence-corrected chi connectivity index (χ3v) is 5.57. The summed E-state index contributed by atoms with van der Waals surface area (Å²) in [7, 11) is 1.65. The highest BCUT2D eigenvalue weighted by atomic mass is 16.5. The predicted octanol–water partition coefficient (Wildman–Crippen LogP) is 2.97. The van der Waals surface area contributed by atoms with Crippen molar-refractivity contribution in [3.05, 3.63) is 59.7 Å². The van der Waals surface area contributed by atoms with Crippen LogP contribution in [0.5, 0.6) is 5.75 Å². The molecule has 0 aliphatic carbocycles. The second-order valence-electron chi connectivity index (χ2n) is 7.53. The highest BCUT2D eigenvalue weighted by molar-refractivity contribution is 5.93. The van der Waals surface area contributed by atoms with Gasteiger partial charge in [0, 0.05) is 38.3 Å². The van der Waals surface area contributed by atoms with E-state index < -0.39 is 0 Å². The first-order valence-corrected chi connectivity index (χ1v) is 10.6. The van der Waals surface area contributed by atoms with Gasteiger partial charge in [-0.15, -0.1) is 0 Å². The largest absolute Gasteiger partial charge is 0.496 e. The first-order chi connectivity index (χ1) is 14.6. The number of aryl methyl sites for hydroxylation is 2. The van der Waals surface area contributed by atoms with Crippen molar-refractivity contribution in [3.63, 3.8) is 0 Å². The molecule has 0 spiro atoms. The summed E-state index contributed by atoms with van der Waals surface area (Å²) in [6, 6.07) is 15.7. The van der Waals surface area contributed by atoms with E-state index in [4.69, 9.17) is 4.74 Å². The van der Waals surface area contributed by atoms with Crippen molar-refractivity contribution in [3.8, 4) is 5.75 Å². The van der Waals surface area contributed by atoms with Gasteiger partial charge >= 0.3 is 0 Å². The number of hydrogen-bond donors (Lipinski definition) is 1. The number of amides is 2. The second-order valence-corrected chi connectivity index (χ2v) is 7.53. The number of hydrogen-bond acceptors (Lipinski definition) is 4.